The molecule has 13 rings (SSSR count). The van der Waals surface area contributed by atoms with Gasteiger partial charge in [-0.1, -0.05) is 182 Å². The minimum atomic E-state index is 0.362. The average Bonchev–Trinajstić information content (AvgIpc) is 4.08. The third-order valence-corrected chi connectivity index (χ3v) is 15.3. The first-order valence-corrected chi connectivity index (χ1v) is 23.6. The van der Waals surface area contributed by atoms with Gasteiger partial charge in [-0.05, 0) is 29.3 Å². The lowest BCUT2D eigenvalue weighted by Crippen LogP contribution is -2.07. The third-order valence-electron chi connectivity index (χ3n) is 12.9. The summed E-state index contributed by atoms with van der Waals surface area (Å²) in [5.41, 5.74) is 10.1. The highest BCUT2D eigenvalue weighted by Gasteiger charge is 2.33. The second-order valence-corrected chi connectivity index (χ2v) is 18.7. The Kier molecular flexibility index (Phi) is 8.94. The molecule has 0 aliphatic carbocycles. The Hall–Kier alpha value is -8.72. The number of nitrogens with zero attached hydrogens (tertiary/aromatic N) is 5. The number of aromatic nitrogens is 3. The van der Waals surface area contributed by atoms with Gasteiger partial charge in [0.05, 0.1) is 49.6 Å². The van der Waals surface area contributed by atoms with Crippen molar-refractivity contribution in [2.75, 3.05) is 0 Å². The van der Waals surface area contributed by atoms with E-state index in [1.165, 1.54) is 20.2 Å². The van der Waals surface area contributed by atoms with Crippen molar-refractivity contribution in [1.29, 1.82) is 5.26 Å². The standard InChI is InChI=1S/C60H33N5S2/c1-62-54-51(38-22-10-4-11-23-38)53(60-63-47(36-18-6-2-7-19-36)34-48(64-60)37-20-8-3-9-21-37)46(35-61)55(52(54)39-24-12-5-13-25-39)65-56-42(30-32-44-40-26-14-16-28-49(40)66-58(44)56)43-31-33-45-41-27-15-17-29-50(41)67-59(45)57(43)65/h2-34H. The van der Waals surface area contributed by atoms with Gasteiger partial charge < -0.3 is 4.57 Å². The highest BCUT2D eigenvalue weighted by Crippen LogP contribution is 2.54. The van der Waals surface area contributed by atoms with Crippen LogP contribution in [0.3, 0.4) is 0 Å². The van der Waals surface area contributed by atoms with Crippen LogP contribution in [0.25, 0.3) is 129 Å². The molecule has 0 radical (unpaired) electrons. The van der Waals surface area contributed by atoms with E-state index in [-0.39, 0.29) is 0 Å². The summed E-state index contributed by atoms with van der Waals surface area (Å²) in [6.07, 6.45) is 0. The molecular weight excluding hydrogens is 855 g/mol. The number of hydrogen-bond acceptors (Lipinski definition) is 5. The van der Waals surface area contributed by atoms with Gasteiger partial charge in [-0.3, -0.25) is 0 Å². The predicted molar refractivity (Wildman–Crippen MR) is 280 cm³/mol. The highest BCUT2D eigenvalue weighted by molar-refractivity contribution is 7.27. The van der Waals surface area contributed by atoms with Gasteiger partial charge in [0.15, 0.2) is 5.82 Å². The van der Waals surface area contributed by atoms with Crippen molar-refractivity contribution in [3.8, 4) is 67.9 Å². The van der Waals surface area contributed by atoms with Gasteiger partial charge in [0.25, 0.3) is 0 Å². The van der Waals surface area contributed by atoms with Crippen LogP contribution in [0, 0.1) is 17.9 Å². The van der Waals surface area contributed by atoms with Crippen molar-refractivity contribution in [3.63, 3.8) is 0 Å². The van der Waals surface area contributed by atoms with E-state index in [0.29, 0.717) is 50.8 Å². The van der Waals surface area contributed by atoms with Crippen LogP contribution >= 0.6 is 22.7 Å². The zero-order chi connectivity index (χ0) is 44.6. The van der Waals surface area contributed by atoms with Gasteiger partial charge in [-0.15, -0.1) is 22.7 Å². The monoisotopic (exact) mass is 887 g/mol. The molecule has 0 fully saturated rings. The molecule has 13 aromatic rings. The lowest BCUT2D eigenvalue weighted by molar-refractivity contribution is 1.16. The fourth-order valence-electron chi connectivity index (χ4n) is 9.99. The first-order chi connectivity index (χ1) is 33.2. The van der Waals surface area contributed by atoms with Crippen LogP contribution in [-0.4, -0.2) is 14.5 Å². The summed E-state index contributed by atoms with van der Waals surface area (Å²) in [7, 11) is 0. The van der Waals surface area contributed by atoms with E-state index >= 15 is 0 Å². The van der Waals surface area contributed by atoms with E-state index in [1.54, 1.807) is 22.7 Å². The summed E-state index contributed by atoms with van der Waals surface area (Å²) in [6, 6.07) is 71.3. The number of thiophene rings is 2. The molecule has 0 bridgehead atoms. The molecule has 67 heavy (non-hydrogen) atoms. The predicted octanol–water partition coefficient (Wildman–Crippen LogP) is 17.1. The number of rotatable bonds is 6. The normalized spacial score (nSPS) is 11.6. The van der Waals surface area contributed by atoms with Crippen molar-refractivity contribution in [1.82, 2.24) is 14.5 Å². The first-order valence-electron chi connectivity index (χ1n) is 22.0. The van der Waals surface area contributed by atoms with Crippen LogP contribution in [0.4, 0.5) is 5.69 Å². The molecule has 0 amide bonds. The Morgan fingerprint density at radius 3 is 1.33 bits per heavy atom. The van der Waals surface area contributed by atoms with E-state index in [0.717, 1.165) is 64.2 Å². The summed E-state index contributed by atoms with van der Waals surface area (Å²) in [4.78, 5) is 15.4. The van der Waals surface area contributed by atoms with Crippen LogP contribution < -0.4 is 0 Å². The molecular formula is C60H33N5S2. The Labute approximate surface area is 393 Å². The summed E-state index contributed by atoms with van der Waals surface area (Å²) >= 11 is 3.53. The summed E-state index contributed by atoms with van der Waals surface area (Å²) in [6.45, 7) is 9.32. The third kappa shape index (κ3) is 5.97. The van der Waals surface area contributed by atoms with Gasteiger partial charge in [-0.25, -0.2) is 14.8 Å². The van der Waals surface area contributed by atoms with Crippen molar-refractivity contribution in [2.45, 2.75) is 0 Å². The molecule has 0 N–H and O–H groups in total. The number of fused-ring (bicyclic) bond motifs is 11. The molecule has 5 nitrogen and oxygen atoms in total. The summed E-state index contributed by atoms with van der Waals surface area (Å²) in [5.74, 6) is 0.362. The average molecular weight is 888 g/mol. The van der Waals surface area contributed by atoms with E-state index in [9.17, 15) is 11.8 Å². The maximum Gasteiger partial charge on any atom is 0.205 e. The minimum absolute atomic E-state index is 0.362. The van der Waals surface area contributed by atoms with Gasteiger partial charge in [0, 0.05) is 69.5 Å². The fourth-order valence-corrected chi connectivity index (χ4v) is 12.5. The Balaban J connectivity index is 1.30. The maximum atomic E-state index is 12.2. The molecule has 0 saturated heterocycles. The molecule has 9 aromatic carbocycles. The van der Waals surface area contributed by atoms with Gasteiger partial charge in [-0.2, -0.15) is 5.26 Å². The van der Waals surface area contributed by atoms with Crippen LogP contribution in [0.5, 0.6) is 0 Å². The van der Waals surface area contributed by atoms with Crippen LogP contribution in [0.2, 0.25) is 0 Å². The Morgan fingerprint density at radius 2 is 0.866 bits per heavy atom. The van der Waals surface area contributed by atoms with Crippen LogP contribution in [-0.2, 0) is 0 Å². The van der Waals surface area contributed by atoms with E-state index < -0.39 is 0 Å². The van der Waals surface area contributed by atoms with E-state index in [4.69, 9.17) is 9.97 Å². The maximum absolute atomic E-state index is 12.2. The topological polar surface area (TPSA) is 58.9 Å². The molecule has 4 heterocycles. The molecule has 0 spiro atoms. The second kappa shape index (κ2) is 15.5. The zero-order valence-corrected chi connectivity index (χ0v) is 37.2. The Bertz CT molecular complexity index is 4030. The SMILES string of the molecule is [C-]#[N+]c1c(-c2ccccc2)c(-c2nc(-c3ccccc3)cc(-c3ccccc3)n2)c(C#N)c(-n2c3c(ccc4c5ccccc5sc43)c3ccc4c5ccccc5sc4c32)c1-c1ccccc1. The van der Waals surface area contributed by atoms with Crippen molar-refractivity contribution >= 4 is 90.5 Å². The van der Waals surface area contributed by atoms with Crippen molar-refractivity contribution in [2.24, 2.45) is 0 Å². The number of hydrogen-bond donors (Lipinski definition) is 0. The fraction of sp³-hybridized carbons (Fsp3) is 0. The quantitative estimate of drug-likeness (QED) is 0.156. The highest BCUT2D eigenvalue weighted by atomic mass is 32.1. The van der Waals surface area contributed by atoms with Crippen molar-refractivity contribution in [3.05, 3.63) is 217 Å². The number of nitriles is 1. The molecule has 310 valence electrons. The van der Waals surface area contributed by atoms with Crippen LogP contribution in [0.1, 0.15) is 5.56 Å². The molecule has 0 atom stereocenters. The lowest BCUT2D eigenvalue weighted by Gasteiger charge is -2.24. The second-order valence-electron chi connectivity index (χ2n) is 16.6. The lowest BCUT2D eigenvalue weighted by atomic mass is 9.86. The van der Waals surface area contributed by atoms with Crippen LogP contribution in [0.15, 0.2) is 200 Å². The van der Waals surface area contributed by atoms with Gasteiger partial charge in [0.2, 0.25) is 5.69 Å². The largest absolute Gasteiger partial charge is 0.306 e. The first kappa shape index (κ1) is 38.7. The summed E-state index contributed by atoms with van der Waals surface area (Å²) < 4.78 is 6.92. The van der Waals surface area contributed by atoms with Gasteiger partial charge in [0.1, 0.15) is 6.07 Å². The number of benzene rings is 9. The van der Waals surface area contributed by atoms with E-state index in [2.05, 4.69) is 100 Å². The molecule has 0 saturated carbocycles. The minimum Gasteiger partial charge on any atom is -0.306 e. The molecule has 4 aromatic heterocycles. The summed E-state index contributed by atoms with van der Waals surface area (Å²) in [5, 5.41) is 19.0. The van der Waals surface area contributed by atoms with E-state index in [1.807, 2.05) is 115 Å². The zero-order valence-electron chi connectivity index (χ0n) is 35.6. The molecule has 0 unspecified atom stereocenters. The molecule has 7 heteroatoms. The van der Waals surface area contributed by atoms with Gasteiger partial charge >= 0.3 is 0 Å². The Morgan fingerprint density at radius 1 is 0.448 bits per heavy atom. The molecule has 0 aliphatic heterocycles. The smallest absolute Gasteiger partial charge is 0.205 e. The van der Waals surface area contributed by atoms with Crippen molar-refractivity contribution < 1.29 is 0 Å². The molecule has 0 aliphatic rings.